The Labute approximate surface area is 116 Å². The van der Waals surface area contributed by atoms with Crippen LogP contribution in [-0.2, 0) is 6.42 Å². The number of hydrogen-bond donors (Lipinski definition) is 1. The van der Waals surface area contributed by atoms with Crippen LogP contribution in [0, 0.1) is 20.8 Å². The normalized spacial score (nSPS) is 12.4. The maximum atomic E-state index is 3.43. The van der Waals surface area contributed by atoms with Crippen LogP contribution >= 0.6 is 0 Å². The first kappa shape index (κ1) is 13.8. The highest BCUT2D eigenvalue weighted by atomic mass is 14.9. The van der Waals surface area contributed by atoms with Gasteiger partial charge in [-0.3, -0.25) is 0 Å². The van der Waals surface area contributed by atoms with Crippen molar-refractivity contribution in [2.75, 3.05) is 7.05 Å². The van der Waals surface area contributed by atoms with Gasteiger partial charge in [0.05, 0.1) is 0 Å². The van der Waals surface area contributed by atoms with Gasteiger partial charge in [-0.2, -0.15) is 0 Å². The number of nitrogens with one attached hydrogen (secondary N) is 1. The second kappa shape index (κ2) is 6.03. The average Bonchev–Trinajstić information content (AvgIpc) is 2.41. The van der Waals surface area contributed by atoms with E-state index < -0.39 is 0 Å². The average molecular weight is 253 g/mol. The molecule has 0 spiro atoms. The lowest BCUT2D eigenvalue weighted by molar-refractivity contribution is 0.591. The van der Waals surface area contributed by atoms with Gasteiger partial charge in [-0.25, -0.2) is 0 Å². The van der Waals surface area contributed by atoms with Crippen LogP contribution in [0.25, 0.3) is 0 Å². The molecule has 0 aromatic heterocycles. The third kappa shape index (κ3) is 3.45. The fourth-order valence-electron chi connectivity index (χ4n) is 2.33. The molecule has 0 fully saturated rings. The molecule has 0 radical (unpaired) electrons. The summed E-state index contributed by atoms with van der Waals surface area (Å²) in [6, 6.07) is 15.9. The Kier molecular flexibility index (Phi) is 4.39. The maximum absolute atomic E-state index is 3.43. The molecular formula is C18H23N. The largest absolute Gasteiger partial charge is 0.313 e. The van der Waals surface area contributed by atoms with Crippen molar-refractivity contribution in [3.05, 3.63) is 70.3 Å². The molecule has 0 bridgehead atoms. The van der Waals surface area contributed by atoms with E-state index in [9.17, 15) is 0 Å². The fourth-order valence-corrected chi connectivity index (χ4v) is 2.33. The molecule has 0 saturated carbocycles. The van der Waals surface area contributed by atoms with Gasteiger partial charge in [-0.1, -0.05) is 48.0 Å². The molecule has 0 aliphatic heterocycles. The minimum atomic E-state index is 0.377. The zero-order valence-electron chi connectivity index (χ0n) is 12.3. The summed E-state index contributed by atoms with van der Waals surface area (Å²) >= 11 is 0. The summed E-state index contributed by atoms with van der Waals surface area (Å²) < 4.78 is 0. The maximum Gasteiger partial charge on any atom is 0.0358 e. The summed E-state index contributed by atoms with van der Waals surface area (Å²) in [7, 11) is 2.04. The zero-order valence-corrected chi connectivity index (χ0v) is 12.3. The van der Waals surface area contributed by atoms with Crippen LogP contribution in [0.15, 0.2) is 42.5 Å². The Morgan fingerprint density at radius 2 is 1.58 bits per heavy atom. The predicted molar refractivity (Wildman–Crippen MR) is 82.6 cm³/mol. The summed E-state index contributed by atoms with van der Waals surface area (Å²) in [4.78, 5) is 0. The highest BCUT2D eigenvalue weighted by Crippen LogP contribution is 2.21. The molecule has 0 aliphatic rings. The van der Waals surface area contributed by atoms with Crippen LogP contribution in [0.2, 0.25) is 0 Å². The number of rotatable bonds is 4. The lowest BCUT2D eigenvalue weighted by Crippen LogP contribution is -2.19. The topological polar surface area (TPSA) is 12.0 Å². The number of benzene rings is 2. The van der Waals surface area contributed by atoms with E-state index in [-0.39, 0.29) is 0 Å². The van der Waals surface area contributed by atoms with Gasteiger partial charge in [0.2, 0.25) is 0 Å². The fraction of sp³-hybridized carbons (Fsp3) is 0.333. The first-order chi connectivity index (χ1) is 9.10. The number of aryl methyl sites for hydroxylation is 3. The van der Waals surface area contributed by atoms with Crippen LogP contribution in [-0.4, -0.2) is 7.05 Å². The smallest absolute Gasteiger partial charge is 0.0358 e. The first-order valence-electron chi connectivity index (χ1n) is 6.90. The van der Waals surface area contributed by atoms with E-state index in [0.717, 1.165) is 6.42 Å². The molecule has 0 aliphatic carbocycles. The summed E-state index contributed by atoms with van der Waals surface area (Å²) in [6.07, 6.45) is 1.03. The molecule has 2 aromatic carbocycles. The molecule has 1 unspecified atom stereocenters. The highest BCUT2D eigenvalue weighted by Gasteiger charge is 2.10. The molecule has 100 valence electrons. The SMILES string of the molecule is CNC(Cc1ccc(C)cc1)c1ccc(C)c(C)c1. The van der Waals surface area contributed by atoms with Crippen LogP contribution < -0.4 is 5.32 Å². The van der Waals surface area contributed by atoms with E-state index in [0.29, 0.717) is 6.04 Å². The molecule has 1 nitrogen and oxygen atoms in total. The van der Waals surface area contributed by atoms with Crippen molar-refractivity contribution in [3.8, 4) is 0 Å². The van der Waals surface area contributed by atoms with E-state index in [1.54, 1.807) is 0 Å². The lowest BCUT2D eigenvalue weighted by Gasteiger charge is -2.18. The van der Waals surface area contributed by atoms with Crippen molar-refractivity contribution in [2.45, 2.75) is 33.2 Å². The summed E-state index contributed by atoms with van der Waals surface area (Å²) in [6.45, 7) is 6.47. The quantitative estimate of drug-likeness (QED) is 0.864. The Morgan fingerprint density at radius 3 is 2.16 bits per heavy atom. The van der Waals surface area contributed by atoms with Gasteiger partial charge >= 0.3 is 0 Å². The molecule has 2 aromatic rings. The van der Waals surface area contributed by atoms with Crippen LogP contribution in [0.5, 0.6) is 0 Å². The highest BCUT2D eigenvalue weighted by molar-refractivity contribution is 5.33. The van der Waals surface area contributed by atoms with Crippen molar-refractivity contribution in [3.63, 3.8) is 0 Å². The molecule has 1 heteroatoms. The molecule has 1 atom stereocenters. The van der Waals surface area contributed by atoms with E-state index in [2.05, 4.69) is 68.6 Å². The van der Waals surface area contributed by atoms with Crippen molar-refractivity contribution >= 4 is 0 Å². The van der Waals surface area contributed by atoms with Gasteiger partial charge in [0, 0.05) is 6.04 Å². The molecule has 2 rings (SSSR count). The monoisotopic (exact) mass is 253 g/mol. The third-order valence-electron chi connectivity index (χ3n) is 3.84. The van der Waals surface area contributed by atoms with Crippen molar-refractivity contribution in [1.82, 2.24) is 5.32 Å². The first-order valence-corrected chi connectivity index (χ1v) is 6.90. The summed E-state index contributed by atoms with van der Waals surface area (Å²) in [5.41, 5.74) is 6.78. The van der Waals surface area contributed by atoms with E-state index in [1.165, 1.54) is 27.8 Å². The van der Waals surface area contributed by atoms with Gasteiger partial charge in [0.15, 0.2) is 0 Å². The van der Waals surface area contributed by atoms with Crippen LogP contribution in [0.3, 0.4) is 0 Å². The standard InChI is InChI=1S/C18H23N/c1-13-5-8-16(9-6-13)12-18(19-4)17-10-7-14(2)15(3)11-17/h5-11,18-19H,12H2,1-4H3. The lowest BCUT2D eigenvalue weighted by atomic mass is 9.96. The molecule has 0 heterocycles. The second-order valence-electron chi connectivity index (χ2n) is 5.37. The minimum Gasteiger partial charge on any atom is -0.313 e. The van der Waals surface area contributed by atoms with Gasteiger partial charge in [0.1, 0.15) is 0 Å². The Balaban J connectivity index is 2.19. The minimum absolute atomic E-state index is 0.377. The summed E-state index contributed by atoms with van der Waals surface area (Å²) in [5.74, 6) is 0. The molecule has 0 amide bonds. The van der Waals surface area contributed by atoms with Gasteiger partial charge in [0.25, 0.3) is 0 Å². The Morgan fingerprint density at radius 1 is 0.895 bits per heavy atom. The molecule has 19 heavy (non-hydrogen) atoms. The summed E-state index contributed by atoms with van der Waals surface area (Å²) in [5, 5.41) is 3.43. The number of likely N-dealkylation sites (N-methyl/N-ethyl adjacent to an activating group) is 1. The Hall–Kier alpha value is -1.60. The van der Waals surface area contributed by atoms with Crippen molar-refractivity contribution in [2.24, 2.45) is 0 Å². The van der Waals surface area contributed by atoms with Crippen molar-refractivity contribution < 1.29 is 0 Å². The predicted octanol–water partition coefficient (Wildman–Crippen LogP) is 4.12. The van der Waals surface area contributed by atoms with E-state index in [4.69, 9.17) is 0 Å². The van der Waals surface area contributed by atoms with Crippen LogP contribution in [0.1, 0.15) is 33.9 Å². The van der Waals surface area contributed by atoms with Crippen LogP contribution in [0.4, 0.5) is 0 Å². The second-order valence-corrected chi connectivity index (χ2v) is 5.37. The molecular weight excluding hydrogens is 230 g/mol. The zero-order chi connectivity index (χ0) is 13.8. The number of hydrogen-bond acceptors (Lipinski definition) is 1. The Bertz CT molecular complexity index is 540. The molecule has 0 saturated heterocycles. The van der Waals surface area contributed by atoms with E-state index >= 15 is 0 Å². The third-order valence-corrected chi connectivity index (χ3v) is 3.84. The van der Waals surface area contributed by atoms with E-state index in [1.807, 2.05) is 7.05 Å². The molecule has 1 N–H and O–H groups in total. The van der Waals surface area contributed by atoms with Gasteiger partial charge in [-0.15, -0.1) is 0 Å². The van der Waals surface area contributed by atoms with Crippen molar-refractivity contribution in [1.29, 1.82) is 0 Å². The van der Waals surface area contributed by atoms with Gasteiger partial charge in [-0.05, 0) is 56.5 Å². The van der Waals surface area contributed by atoms with Gasteiger partial charge < -0.3 is 5.32 Å².